The Morgan fingerprint density at radius 2 is 1.96 bits per heavy atom. The minimum Gasteiger partial charge on any atom is -0.454 e. The topological polar surface area (TPSA) is 89.0 Å². The molecule has 1 aliphatic heterocycles. The van der Waals surface area contributed by atoms with Gasteiger partial charge in [0.15, 0.2) is 27.3 Å². The summed E-state index contributed by atoms with van der Waals surface area (Å²) in [6.07, 6.45) is 2.03. The van der Waals surface area contributed by atoms with Crippen LogP contribution in [0.5, 0.6) is 11.5 Å². The lowest BCUT2D eigenvalue weighted by Gasteiger charge is -2.21. The van der Waals surface area contributed by atoms with Crippen molar-refractivity contribution < 1.29 is 17.9 Å². The standard InChI is InChI=1S/C17H27N3O4S/c1-5-18-16(20-11-17(2,3)25(4,21)22)19-9-8-13-6-7-14-15(10-13)24-12-23-14/h6-7,10H,5,8-9,11-12H2,1-4H3,(H2,18,19,20). The predicted molar refractivity (Wildman–Crippen MR) is 99.2 cm³/mol. The number of guanidine groups is 1. The van der Waals surface area contributed by atoms with Crippen molar-refractivity contribution >= 4 is 15.8 Å². The number of benzene rings is 1. The van der Waals surface area contributed by atoms with Crippen molar-refractivity contribution in [3.63, 3.8) is 0 Å². The molecule has 0 saturated heterocycles. The van der Waals surface area contributed by atoms with Crippen LogP contribution in [0.2, 0.25) is 0 Å². The van der Waals surface area contributed by atoms with Crippen molar-refractivity contribution in [3.05, 3.63) is 23.8 Å². The molecule has 0 unspecified atom stereocenters. The highest BCUT2D eigenvalue weighted by Crippen LogP contribution is 2.32. The second kappa shape index (κ2) is 7.95. The van der Waals surface area contributed by atoms with Gasteiger partial charge in [-0.2, -0.15) is 0 Å². The first-order valence-corrected chi connectivity index (χ1v) is 10.2. The zero-order valence-electron chi connectivity index (χ0n) is 15.3. The van der Waals surface area contributed by atoms with E-state index in [2.05, 4.69) is 15.6 Å². The molecule has 2 N–H and O–H groups in total. The lowest BCUT2D eigenvalue weighted by molar-refractivity contribution is 0.174. The van der Waals surface area contributed by atoms with Gasteiger partial charge in [0.05, 0.1) is 11.3 Å². The van der Waals surface area contributed by atoms with Gasteiger partial charge in [0.1, 0.15) is 0 Å². The molecule has 1 heterocycles. The van der Waals surface area contributed by atoms with E-state index >= 15 is 0 Å². The van der Waals surface area contributed by atoms with Gasteiger partial charge >= 0.3 is 0 Å². The Labute approximate surface area is 149 Å². The number of nitrogens with one attached hydrogen (secondary N) is 2. The number of nitrogens with zero attached hydrogens (tertiary/aromatic N) is 1. The zero-order valence-corrected chi connectivity index (χ0v) is 16.1. The van der Waals surface area contributed by atoms with Crippen LogP contribution in [0, 0.1) is 0 Å². The van der Waals surface area contributed by atoms with Crippen LogP contribution in [-0.2, 0) is 16.3 Å². The summed E-state index contributed by atoms with van der Waals surface area (Å²) < 4.78 is 33.4. The van der Waals surface area contributed by atoms with Gasteiger partial charge in [-0.3, -0.25) is 4.99 Å². The van der Waals surface area contributed by atoms with E-state index in [1.165, 1.54) is 6.26 Å². The fourth-order valence-corrected chi connectivity index (χ4v) is 2.45. The van der Waals surface area contributed by atoms with Crippen LogP contribution in [0.15, 0.2) is 23.2 Å². The summed E-state index contributed by atoms with van der Waals surface area (Å²) in [5.41, 5.74) is 1.13. The quantitative estimate of drug-likeness (QED) is 0.557. The molecule has 0 saturated carbocycles. The minimum absolute atomic E-state index is 0.200. The van der Waals surface area contributed by atoms with Crippen LogP contribution in [0.1, 0.15) is 26.3 Å². The molecule has 1 aromatic rings. The molecule has 0 bridgehead atoms. The second-order valence-electron chi connectivity index (χ2n) is 6.59. The Morgan fingerprint density at radius 1 is 1.24 bits per heavy atom. The molecule has 0 radical (unpaired) electrons. The molecule has 7 nitrogen and oxygen atoms in total. The average molecular weight is 369 g/mol. The number of hydrogen-bond donors (Lipinski definition) is 2. The van der Waals surface area contributed by atoms with Gasteiger partial charge in [0.25, 0.3) is 0 Å². The molecule has 25 heavy (non-hydrogen) atoms. The third-order valence-corrected chi connectivity index (χ3v) is 6.25. The van der Waals surface area contributed by atoms with Crippen LogP contribution < -0.4 is 20.1 Å². The van der Waals surface area contributed by atoms with E-state index in [1.807, 2.05) is 25.1 Å². The molecule has 0 atom stereocenters. The molecular formula is C17H27N3O4S. The number of ether oxygens (including phenoxy) is 2. The smallest absolute Gasteiger partial charge is 0.231 e. The van der Waals surface area contributed by atoms with Crippen molar-refractivity contribution in [3.8, 4) is 11.5 Å². The monoisotopic (exact) mass is 369 g/mol. The van der Waals surface area contributed by atoms with E-state index < -0.39 is 14.6 Å². The van der Waals surface area contributed by atoms with Gasteiger partial charge in [-0.15, -0.1) is 0 Å². The highest BCUT2D eigenvalue weighted by atomic mass is 32.2. The van der Waals surface area contributed by atoms with Crippen LogP contribution in [0.3, 0.4) is 0 Å². The first-order chi connectivity index (χ1) is 11.7. The Morgan fingerprint density at radius 3 is 2.64 bits per heavy atom. The highest BCUT2D eigenvalue weighted by molar-refractivity contribution is 7.92. The zero-order chi connectivity index (χ0) is 18.5. The summed E-state index contributed by atoms with van der Waals surface area (Å²) >= 11 is 0. The summed E-state index contributed by atoms with van der Waals surface area (Å²) in [7, 11) is -3.17. The summed E-state index contributed by atoms with van der Waals surface area (Å²) in [4.78, 5) is 4.41. The van der Waals surface area contributed by atoms with Crippen molar-refractivity contribution in [2.24, 2.45) is 4.99 Å². The van der Waals surface area contributed by atoms with Crippen molar-refractivity contribution in [1.29, 1.82) is 0 Å². The maximum atomic E-state index is 11.8. The summed E-state index contributed by atoms with van der Waals surface area (Å²) in [5.74, 6) is 2.16. The maximum Gasteiger partial charge on any atom is 0.231 e. The summed E-state index contributed by atoms with van der Waals surface area (Å²) in [6, 6.07) is 5.89. The number of fused-ring (bicyclic) bond motifs is 1. The molecule has 2 rings (SSSR count). The Balaban J connectivity index is 1.92. The van der Waals surface area contributed by atoms with Gasteiger partial charge in [-0.05, 0) is 44.9 Å². The van der Waals surface area contributed by atoms with E-state index in [0.717, 1.165) is 23.5 Å². The second-order valence-corrected chi connectivity index (χ2v) is 9.24. The molecule has 1 aromatic carbocycles. The lowest BCUT2D eigenvalue weighted by atomic mass is 10.1. The first kappa shape index (κ1) is 19.4. The Kier molecular flexibility index (Phi) is 6.16. The van der Waals surface area contributed by atoms with Crippen LogP contribution in [0.25, 0.3) is 0 Å². The normalized spacial score (nSPS) is 14.5. The molecule has 8 heteroatoms. The molecule has 0 fully saturated rings. The highest BCUT2D eigenvalue weighted by Gasteiger charge is 2.29. The minimum atomic E-state index is -3.17. The third kappa shape index (κ3) is 5.26. The Bertz CT molecular complexity index is 729. The van der Waals surface area contributed by atoms with Crippen molar-refractivity contribution in [1.82, 2.24) is 10.6 Å². The van der Waals surface area contributed by atoms with Gasteiger partial charge in [0, 0.05) is 19.3 Å². The summed E-state index contributed by atoms with van der Waals surface area (Å²) in [5, 5.41) is 6.37. The van der Waals surface area contributed by atoms with Crippen molar-refractivity contribution in [2.45, 2.75) is 31.9 Å². The predicted octanol–water partition coefficient (Wildman–Crippen LogP) is 1.34. The molecule has 0 amide bonds. The lowest BCUT2D eigenvalue weighted by Crippen LogP contribution is -2.41. The van der Waals surface area contributed by atoms with Crippen LogP contribution in [-0.4, -0.2) is 51.8 Å². The van der Waals surface area contributed by atoms with Gasteiger partial charge in [0.2, 0.25) is 6.79 Å². The molecule has 140 valence electrons. The van der Waals surface area contributed by atoms with E-state index in [9.17, 15) is 8.42 Å². The van der Waals surface area contributed by atoms with Gasteiger partial charge < -0.3 is 20.1 Å². The largest absolute Gasteiger partial charge is 0.454 e. The van der Waals surface area contributed by atoms with Gasteiger partial charge in [-0.1, -0.05) is 6.07 Å². The first-order valence-electron chi connectivity index (χ1n) is 8.33. The fraction of sp³-hybridized carbons (Fsp3) is 0.588. The SMILES string of the molecule is CCNC(=NCC(C)(C)S(C)(=O)=O)NCCc1ccc2c(c1)OCO2. The molecule has 0 aromatic heterocycles. The molecule has 1 aliphatic rings. The van der Waals surface area contributed by atoms with E-state index in [1.54, 1.807) is 13.8 Å². The fourth-order valence-electron chi connectivity index (χ4n) is 2.15. The van der Waals surface area contributed by atoms with E-state index in [4.69, 9.17) is 9.47 Å². The number of aliphatic imine (C=N–C) groups is 1. The van der Waals surface area contributed by atoms with E-state index in [-0.39, 0.29) is 13.3 Å². The molecule has 0 spiro atoms. The molecular weight excluding hydrogens is 342 g/mol. The molecule has 0 aliphatic carbocycles. The van der Waals surface area contributed by atoms with Crippen molar-refractivity contribution in [2.75, 3.05) is 32.7 Å². The Hall–Kier alpha value is -1.96. The third-order valence-electron chi connectivity index (χ3n) is 4.11. The van der Waals surface area contributed by atoms with Gasteiger partial charge in [-0.25, -0.2) is 8.42 Å². The number of hydrogen-bond acceptors (Lipinski definition) is 5. The van der Waals surface area contributed by atoms with E-state index in [0.29, 0.717) is 19.0 Å². The maximum absolute atomic E-state index is 11.8. The number of sulfone groups is 1. The van der Waals surface area contributed by atoms with Crippen LogP contribution >= 0.6 is 0 Å². The van der Waals surface area contributed by atoms with Crippen LogP contribution in [0.4, 0.5) is 0 Å². The number of rotatable bonds is 7. The average Bonchev–Trinajstić information content (AvgIpc) is 2.99. The summed E-state index contributed by atoms with van der Waals surface area (Å²) in [6.45, 7) is 7.18.